The SMILES string of the molecule is COCCNC(=O)C(C)NC(=O)c1ccncc1O. The van der Waals surface area contributed by atoms with Gasteiger partial charge in [-0.1, -0.05) is 0 Å². The number of pyridine rings is 1. The fourth-order valence-corrected chi connectivity index (χ4v) is 1.35. The van der Waals surface area contributed by atoms with E-state index >= 15 is 0 Å². The van der Waals surface area contributed by atoms with Crippen LogP contribution in [0, 0.1) is 0 Å². The smallest absolute Gasteiger partial charge is 0.255 e. The molecule has 7 nitrogen and oxygen atoms in total. The van der Waals surface area contributed by atoms with E-state index in [0.717, 1.165) is 6.20 Å². The third kappa shape index (κ3) is 4.55. The molecular formula is C12H17N3O4. The molecule has 0 aliphatic rings. The molecule has 3 N–H and O–H groups in total. The monoisotopic (exact) mass is 267 g/mol. The Labute approximate surface area is 111 Å². The molecule has 0 saturated carbocycles. The second kappa shape index (κ2) is 7.32. The fraction of sp³-hybridized carbons (Fsp3) is 0.417. The fourth-order valence-electron chi connectivity index (χ4n) is 1.35. The van der Waals surface area contributed by atoms with E-state index in [0.29, 0.717) is 13.2 Å². The number of aromatic hydroxyl groups is 1. The van der Waals surface area contributed by atoms with Gasteiger partial charge < -0.3 is 20.5 Å². The van der Waals surface area contributed by atoms with Crippen molar-refractivity contribution in [2.45, 2.75) is 13.0 Å². The number of hydrogen-bond acceptors (Lipinski definition) is 5. The first kappa shape index (κ1) is 14.9. The summed E-state index contributed by atoms with van der Waals surface area (Å²) in [5.74, 6) is -1.08. The number of nitrogens with zero attached hydrogens (tertiary/aromatic N) is 1. The third-order valence-electron chi connectivity index (χ3n) is 2.39. The molecule has 2 amide bonds. The molecule has 0 aromatic carbocycles. The van der Waals surface area contributed by atoms with E-state index in [4.69, 9.17) is 4.74 Å². The molecule has 1 aromatic rings. The van der Waals surface area contributed by atoms with Crippen LogP contribution in [0.4, 0.5) is 0 Å². The van der Waals surface area contributed by atoms with E-state index in [-0.39, 0.29) is 17.2 Å². The number of methoxy groups -OCH3 is 1. The quantitative estimate of drug-likeness (QED) is 0.613. The van der Waals surface area contributed by atoms with E-state index in [1.807, 2.05) is 0 Å². The Kier molecular flexibility index (Phi) is 5.74. The highest BCUT2D eigenvalue weighted by molar-refractivity contribution is 5.99. The molecule has 0 radical (unpaired) electrons. The minimum absolute atomic E-state index is 0.0755. The molecule has 1 unspecified atom stereocenters. The molecule has 0 fully saturated rings. The van der Waals surface area contributed by atoms with Gasteiger partial charge in [-0.05, 0) is 13.0 Å². The number of hydrogen-bond donors (Lipinski definition) is 3. The highest BCUT2D eigenvalue weighted by Gasteiger charge is 2.18. The molecule has 1 rings (SSSR count). The average molecular weight is 267 g/mol. The first-order valence-corrected chi connectivity index (χ1v) is 5.76. The number of carbonyl (C=O) groups is 2. The summed E-state index contributed by atoms with van der Waals surface area (Å²) in [5, 5.41) is 14.6. The molecule has 19 heavy (non-hydrogen) atoms. The Bertz CT molecular complexity index is 450. The van der Waals surface area contributed by atoms with Gasteiger partial charge in [0.05, 0.1) is 18.4 Å². The Morgan fingerprint density at radius 3 is 2.89 bits per heavy atom. The summed E-state index contributed by atoms with van der Waals surface area (Å²) in [6.45, 7) is 2.33. The topological polar surface area (TPSA) is 101 Å². The molecule has 0 bridgehead atoms. The zero-order valence-electron chi connectivity index (χ0n) is 10.8. The van der Waals surface area contributed by atoms with E-state index in [9.17, 15) is 14.7 Å². The Hall–Kier alpha value is -2.15. The summed E-state index contributed by atoms with van der Waals surface area (Å²) in [7, 11) is 1.53. The number of rotatable bonds is 6. The molecule has 1 heterocycles. The maximum Gasteiger partial charge on any atom is 0.255 e. The molecule has 0 spiro atoms. The van der Waals surface area contributed by atoms with Crippen LogP contribution in [-0.2, 0) is 9.53 Å². The van der Waals surface area contributed by atoms with Crippen LogP contribution in [0.2, 0.25) is 0 Å². The average Bonchev–Trinajstić information content (AvgIpc) is 2.39. The van der Waals surface area contributed by atoms with Crippen molar-refractivity contribution < 1.29 is 19.4 Å². The Morgan fingerprint density at radius 1 is 1.53 bits per heavy atom. The van der Waals surface area contributed by atoms with E-state index < -0.39 is 11.9 Å². The molecular weight excluding hydrogens is 250 g/mol. The van der Waals surface area contributed by atoms with Gasteiger partial charge in [-0.2, -0.15) is 0 Å². The summed E-state index contributed by atoms with van der Waals surface area (Å²) in [6, 6.07) is 0.664. The number of amides is 2. The lowest BCUT2D eigenvalue weighted by atomic mass is 10.2. The van der Waals surface area contributed by atoms with Gasteiger partial charge in [0.15, 0.2) is 0 Å². The van der Waals surface area contributed by atoms with Crippen LogP contribution >= 0.6 is 0 Å². The maximum atomic E-state index is 11.8. The molecule has 7 heteroatoms. The molecule has 0 aliphatic heterocycles. The van der Waals surface area contributed by atoms with Crippen molar-refractivity contribution in [3.05, 3.63) is 24.0 Å². The van der Waals surface area contributed by atoms with Gasteiger partial charge in [0.2, 0.25) is 5.91 Å². The number of aromatic nitrogens is 1. The molecule has 1 atom stereocenters. The molecule has 0 saturated heterocycles. The Balaban J connectivity index is 2.52. The second-order valence-corrected chi connectivity index (χ2v) is 3.87. The van der Waals surface area contributed by atoms with Crippen LogP contribution < -0.4 is 10.6 Å². The lowest BCUT2D eigenvalue weighted by Gasteiger charge is -2.14. The number of carbonyl (C=O) groups excluding carboxylic acids is 2. The predicted octanol–water partition coefficient (Wildman–Crippen LogP) is -0.332. The van der Waals surface area contributed by atoms with Gasteiger partial charge in [-0.15, -0.1) is 0 Å². The van der Waals surface area contributed by atoms with Crippen LogP contribution in [-0.4, -0.2) is 48.2 Å². The number of ether oxygens (including phenoxy) is 1. The second-order valence-electron chi connectivity index (χ2n) is 3.87. The van der Waals surface area contributed by atoms with Crippen molar-refractivity contribution in [1.82, 2.24) is 15.6 Å². The summed E-state index contributed by atoms with van der Waals surface area (Å²) in [6.07, 6.45) is 2.55. The first-order chi connectivity index (χ1) is 9.06. The van der Waals surface area contributed by atoms with Gasteiger partial charge in [0.1, 0.15) is 11.8 Å². The minimum atomic E-state index is -0.711. The van der Waals surface area contributed by atoms with Crippen LogP contribution in [0.15, 0.2) is 18.5 Å². The zero-order chi connectivity index (χ0) is 14.3. The zero-order valence-corrected chi connectivity index (χ0v) is 10.8. The van der Waals surface area contributed by atoms with E-state index in [2.05, 4.69) is 15.6 Å². The summed E-state index contributed by atoms with van der Waals surface area (Å²) in [4.78, 5) is 27.1. The maximum absolute atomic E-state index is 11.8. The molecule has 104 valence electrons. The number of nitrogens with one attached hydrogen (secondary N) is 2. The van der Waals surface area contributed by atoms with Crippen molar-refractivity contribution in [2.75, 3.05) is 20.3 Å². The van der Waals surface area contributed by atoms with Crippen LogP contribution in [0.5, 0.6) is 5.75 Å². The highest BCUT2D eigenvalue weighted by atomic mass is 16.5. The van der Waals surface area contributed by atoms with Crippen LogP contribution in [0.1, 0.15) is 17.3 Å². The summed E-state index contributed by atoms with van der Waals surface area (Å²) < 4.78 is 4.80. The first-order valence-electron chi connectivity index (χ1n) is 5.76. The normalized spacial score (nSPS) is 11.7. The van der Waals surface area contributed by atoms with Crippen LogP contribution in [0.25, 0.3) is 0 Å². The minimum Gasteiger partial charge on any atom is -0.505 e. The largest absolute Gasteiger partial charge is 0.505 e. The van der Waals surface area contributed by atoms with Crippen LogP contribution in [0.3, 0.4) is 0 Å². The predicted molar refractivity (Wildman–Crippen MR) is 67.7 cm³/mol. The van der Waals surface area contributed by atoms with E-state index in [1.165, 1.54) is 19.4 Å². The van der Waals surface area contributed by atoms with Gasteiger partial charge in [-0.25, -0.2) is 0 Å². The molecule has 1 aromatic heterocycles. The van der Waals surface area contributed by atoms with Gasteiger partial charge >= 0.3 is 0 Å². The van der Waals surface area contributed by atoms with Gasteiger partial charge in [-0.3, -0.25) is 14.6 Å². The lowest BCUT2D eigenvalue weighted by molar-refractivity contribution is -0.122. The summed E-state index contributed by atoms with van der Waals surface area (Å²) in [5.41, 5.74) is 0.0755. The van der Waals surface area contributed by atoms with Gasteiger partial charge in [0, 0.05) is 19.9 Å². The Morgan fingerprint density at radius 2 is 2.26 bits per heavy atom. The standard InChI is InChI=1S/C12H17N3O4/c1-8(11(17)14-5-6-19-2)15-12(18)9-3-4-13-7-10(9)16/h3-4,7-8,16H,5-6H2,1-2H3,(H,14,17)(H,15,18). The molecule has 0 aliphatic carbocycles. The van der Waals surface area contributed by atoms with Crippen molar-refractivity contribution in [3.8, 4) is 5.75 Å². The van der Waals surface area contributed by atoms with Gasteiger partial charge in [0.25, 0.3) is 5.91 Å². The van der Waals surface area contributed by atoms with Crippen molar-refractivity contribution in [1.29, 1.82) is 0 Å². The third-order valence-corrected chi connectivity index (χ3v) is 2.39. The van der Waals surface area contributed by atoms with Crippen molar-refractivity contribution in [2.24, 2.45) is 0 Å². The van der Waals surface area contributed by atoms with E-state index in [1.54, 1.807) is 6.92 Å². The van der Waals surface area contributed by atoms with Crippen molar-refractivity contribution >= 4 is 11.8 Å². The summed E-state index contributed by atoms with van der Waals surface area (Å²) >= 11 is 0. The lowest BCUT2D eigenvalue weighted by Crippen LogP contribution is -2.45. The van der Waals surface area contributed by atoms with Crippen molar-refractivity contribution in [3.63, 3.8) is 0 Å². The highest BCUT2D eigenvalue weighted by Crippen LogP contribution is 2.13.